The maximum atomic E-state index is 11.8. The Kier molecular flexibility index (Phi) is 9.16. The molecule has 8 heteroatoms. The fraction of sp³-hybridized carbons (Fsp3) is 0.714. The Morgan fingerprint density at radius 1 is 1.55 bits per heavy atom. The number of carbonyl (C=O) groups is 1. The first kappa shape index (κ1) is 19.5. The molecule has 2 heterocycles. The number of amides is 1. The van der Waals surface area contributed by atoms with E-state index in [1.165, 1.54) is 12.8 Å². The summed E-state index contributed by atoms with van der Waals surface area (Å²) in [4.78, 5) is 18.8. The zero-order valence-corrected chi connectivity index (χ0v) is 15.4. The topological polar surface area (TPSA) is 71.2 Å². The van der Waals surface area contributed by atoms with Crippen molar-refractivity contribution in [2.45, 2.75) is 31.7 Å². The van der Waals surface area contributed by atoms with Gasteiger partial charge in [0.1, 0.15) is 0 Å². The van der Waals surface area contributed by atoms with E-state index in [4.69, 9.17) is 5.73 Å². The lowest BCUT2D eigenvalue weighted by Crippen LogP contribution is -2.41. The van der Waals surface area contributed by atoms with Crippen LogP contribution >= 0.6 is 35.5 Å². The summed E-state index contributed by atoms with van der Waals surface area (Å²) in [7, 11) is 0. The molecule has 0 spiro atoms. The number of hydrogen-bond donors (Lipinski definition) is 2. The Bertz CT molecular complexity index is 452. The molecule has 1 saturated heterocycles. The summed E-state index contributed by atoms with van der Waals surface area (Å²) in [5, 5.41) is 6.10. The molecule has 1 aromatic rings. The molecule has 0 radical (unpaired) electrons. The van der Waals surface area contributed by atoms with Crippen molar-refractivity contribution in [1.29, 1.82) is 0 Å². The van der Waals surface area contributed by atoms with E-state index in [0.29, 0.717) is 6.54 Å². The molecular formula is C14H25ClN4OS2. The molecule has 0 aliphatic carbocycles. The second-order valence-corrected chi connectivity index (χ2v) is 7.07. The van der Waals surface area contributed by atoms with E-state index < -0.39 is 6.04 Å². The van der Waals surface area contributed by atoms with Gasteiger partial charge in [-0.15, -0.1) is 23.7 Å². The van der Waals surface area contributed by atoms with Crippen LogP contribution in [0.5, 0.6) is 0 Å². The number of rotatable bonds is 8. The Labute approximate surface area is 146 Å². The summed E-state index contributed by atoms with van der Waals surface area (Å²) in [6.07, 6.45) is 6.04. The van der Waals surface area contributed by atoms with E-state index >= 15 is 0 Å². The average Bonchev–Trinajstić information content (AvgIpc) is 3.15. The lowest BCUT2D eigenvalue weighted by molar-refractivity contribution is -0.122. The van der Waals surface area contributed by atoms with Gasteiger partial charge < -0.3 is 16.0 Å². The minimum atomic E-state index is -0.395. The summed E-state index contributed by atoms with van der Waals surface area (Å²) in [5.74, 6) is 0.860. The van der Waals surface area contributed by atoms with Crippen molar-refractivity contribution in [1.82, 2.24) is 10.3 Å². The van der Waals surface area contributed by atoms with Crippen LogP contribution in [-0.4, -0.2) is 48.6 Å². The second-order valence-electron chi connectivity index (χ2n) is 5.24. The van der Waals surface area contributed by atoms with Gasteiger partial charge >= 0.3 is 0 Å². The summed E-state index contributed by atoms with van der Waals surface area (Å²) in [6, 6.07) is -0.395. The zero-order chi connectivity index (χ0) is 15.1. The monoisotopic (exact) mass is 364 g/mol. The Hall–Kier alpha value is -0.500. The van der Waals surface area contributed by atoms with E-state index in [1.807, 2.05) is 6.26 Å². The lowest BCUT2D eigenvalue weighted by Gasteiger charge is -2.12. The van der Waals surface area contributed by atoms with Crippen molar-refractivity contribution in [3.63, 3.8) is 0 Å². The lowest BCUT2D eigenvalue weighted by atomic mass is 10.2. The van der Waals surface area contributed by atoms with Gasteiger partial charge in [-0.1, -0.05) is 0 Å². The second kappa shape index (κ2) is 10.3. The quantitative estimate of drug-likeness (QED) is 0.737. The normalized spacial score (nSPS) is 15.5. The number of thioether (sulfide) groups is 1. The average molecular weight is 365 g/mol. The third-order valence-corrected chi connectivity index (χ3v) is 5.16. The van der Waals surface area contributed by atoms with E-state index in [9.17, 15) is 4.79 Å². The number of halogens is 1. The van der Waals surface area contributed by atoms with E-state index in [-0.39, 0.29) is 18.3 Å². The number of aromatic nitrogens is 1. The molecule has 0 bridgehead atoms. The molecule has 2 rings (SSSR count). The van der Waals surface area contributed by atoms with Gasteiger partial charge in [-0.2, -0.15) is 11.8 Å². The first-order valence-electron chi connectivity index (χ1n) is 7.42. The van der Waals surface area contributed by atoms with Crippen LogP contribution < -0.4 is 16.0 Å². The van der Waals surface area contributed by atoms with Gasteiger partial charge in [-0.05, 0) is 31.3 Å². The fourth-order valence-electron chi connectivity index (χ4n) is 2.29. The van der Waals surface area contributed by atoms with Crippen molar-refractivity contribution in [3.8, 4) is 0 Å². The maximum absolute atomic E-state index is 11.8. The van der Waals surface area contributed by atoms with E-state index in [2.05, 4.69) is 20.6 Å². The molecule has 0 saturated carbocycles. The summed E-state index contributed by atoms with van der Waals surface area (Å²) in [5.41, 5.74) is 6.88. The van der Waals surface area contributed by atoms with Crippen LogP contribution in [0.15, 0.2) is 5.38 Å². The molecule has 1 fully saturated rings. The zero-order valence-electron chi connectivity index (χ0n) is 12.9. The van der Waals surface area contributed by atoms with Crippen LogP contribution in [0.2, 0.25) is 0 Å². The fourth-order valence-corrected chi connectivity index (χ4v) is 3.69. The van der Waals surface area contributed by atoms with Crippen molar-refractivity contribution in [2.24, 2.45) is 5.73 Å². The number of thiazole rings is 1. The first-order chi connectivity index (χ1) is 10.2. The largest absolute Gasteiger partial charge is 0.354 e. The highest BCUT2D eigenvalue weighted by Crippen LogP contribution is 2.24. The van der Waals surface area contributed by atoms with Crippen LogP contribution in [0, 0.1) is 0 Å². The predicted molar refractivity (Wildman–Crippen MR) is 98.5 cm³/mol. The van der Waals surface area contributed by atoms with Gasteiger partial charge in [0.2, 0.25) is 5.91 Å². The van der Waals surface area contributed by atoms with E-state index in [0.717, 1.165) is 42.5 Å². The molecule has 3 N–H and O–H groups in total. The van der Waals surface area contributed by atoms with Gasteiger partial charge in [0.15, 0.2) is 5.13 Å². The molecule has 1 aliphatic rings. The maximum Gasteiger partial charge on any atom is 0.236 e. The third kappa shape index (κ3) is 5.95. The molecule has 1 aromatic heterocycles. The van der Waals surface area contributed by atoms with Crippen LogP contribution in [0.25, 0.3) is 0 Å². The summed E-state index contributed by atoms with van der Waals surface area (Å²) >= 11 is 3.41. The number of nitrogens with zero attached hydrogens (tertiary/aromatic N) is 2. The van der Waals surface area contributed by atoms with Gasteiger partial charge in [-0.25, -0.2) is 4.98 Å². The highest BCUT2D eigenvalue weighted by atomic mass is 35.5. The minimum Gasteiger partial charge on any atom is -0.354 e. The highest BCUT2D eigenvalue weighted by Gasteiger charge is 2.16. The SMILES string of the molecule is CSCC[C@H](N)C(=O)NCCc1csc(N2CCCC2)n1.Cl. The number of hydrogen-bond acceptors (Lipinski definition) is 6. The van der Waals surface area contributed by atoms with Crippen LogP contribution in [0.3, 0.4) is 0 Å². The third-order valence-electron chi connectivity index (χ3n) is 3.57. The summed E-state index contributed by atoms with van der Waals surface area (Å²) in [6.45, 7) is 2.84. The number of nitrogens with one attached hydrogen (secondary N) is 1. The van der Waals surface area contributed by atoms with Gasteiger partial charge in [0.05, 0.1) is 11.7 Å². The van der Waals surface area contributed by atoms with Crippen molar-refractivity contribution in [2.75, 3.05) is 36.5 Å². The Balaban J connectivity index is 0.00000242. The smallest absolute Gasteiger partial charge is 0.236 e. The molecular weight excluding hydrogens is 340 g/mol. The van der Waals surface area contributed by atoms with E-state index in [1.54, 1.807) is 23.1 Å². The number of carbonyl (C=O) groups excluding carboxylic acids is 1. The minimum absolute atomic E-state index is 0. The van der Waals surface area contributed by atoms with Crippen molar-refractivity contribution < 1.29 is 4.79 Å². The Morgan fingerprint density at radius 3 is 2.95 bits per heavy atom. The number of nitrogens with two attached hydrogens (primary N) is 1. The van der Waals surface area contributed by atoms with Crippen LogP contribution in [0.4, 0.5) is 5.13 Å². The van der Waals surface area contributed by atoms with Gasteiger partial charge in [0, 0.05) is 31.4 Å². The van der Waals surface area contributed by atoms with Gasteiger partial charge in [0.25, 0.3) is 0 Å². The van der Waals surface area contributed by atoms with Crippen molar-refractivity contribution in [3.05, 3.63) is 11.1 Å². The predicted octanol–water partition coefficient (Wildman–Crippen LogP) is 1.90. The molecule has 1 atom stereocenters. The molecule has 22 heavy (non-hydrogen) atoms. The molecule has 0 aromatic carbocycles. The Morgan fingerprint density at radius 2 is 2.27 bits per heavy atom. The standard InChI is InChI=1S/C14H24N4OS2.ClH/c1-20-9-5-12(15)13(19)16-6-4-11-10-21-14(17-11)18-7-2-3-8-18;/h10,12H,2-9,15H2,1H3,(H,16,19);1H/t12-;/m0./s1. The van der Waals surface area contributed by atoms with Crippen molar-refractivity contribution >= 4 is 46.5 Å². The molecule has 1 aliphatic heterocycles. The number of anilines is 1. The highest BCUT2D eigenvalue weighted by molar-refractivity contribution is 7.98. The first-order valence-corrected chi connectivity index (χ1v) is 9.69. The molecule has 5 nitrogen and oxygen atoms in total. The molecule has 0 unspecified atom stereocenters. The van der Waals surface area contributed by atoms with Crippen LogP contribution in [0.1, 0.15) is 25.0 Å². The van der Waals surface area contributed by atoms with Gasteiger partial charge in [-0.3, -0.25) is 4.79 Å². The molecule has 126 valence electrons. The molecule has 1 amide bonds. The van der Waals surface area contributed by atoms with Crippen LogP contribution in [-0.2, 0) is 11.2 Å². The summed E-state index contributed by atoms with van der Waals surface area (Å²) < 4.78 is 0.